The van der Waals surface area contributed by atoms with Gasteiger partial charge in [0.2, 0.25) is 14.9 Å². The number of hydrogen-bond donors (Lipinski definition) is 0. The summed E-state index contributed by atoms with van der Waals surface area (Å²) in [4.78, 5) is 27.0. The predicted octanol–water partition coefficient (Wildman–Crippen LogP) is 3.88. The Bertz CT molecular complexity index is 879. The number of benzene rings is 2. The first kappa shape index (κ1) is 24.2. The molecule has 0 N–H and O–H groups in total. The quantitative estimate of drug-likeness (QED) is 0.645. The minimum atomic E-state index is -2.08. The minimum absolute atomic E-state index is 0.195. The molecule has 0 spiro atoms. The SMILES string of the molecule is CC(C)(C)OC(=O)N1C(=O)CCC1C(O[SiH](c1ccccc1)c1ccccc1)C(C)(C)C. The second-order valence-electron chi connectivity index (χ2n) is 10.5. The molecule has 1 heterocycles. The number of hydrogen-bond acceptors (Lipinski definition) is 4. The van der Waals surface area contributed by atoms with E-state index in [1.807, 2.05) is 57.2 Å². The summed E-state index contributed by atoms with van der Waals surface area (Å²) in [6, 6.07) is 20.2. The van der Waals surface area contributed by atoms with E-state index in [0.717, 1.165) is 0 Å². The Morgan fingerprint density at radius 1 is 0.938 bits per heavy atom. The summed E-state index contributed by atoms with van der Waals surface area (Å²) in [6.07, 6.45) is -0.00738. The summed E-state index contributed by atoms with van der Waals surface area (Å²) < 4.78 is 12.5. The summed E-state index contributed by atoms with van der Waals surface area (Å²) in [5, 5.41) is 2.34. The first-order chi connectivity index (χ1) is 15.0. The van der Waals surface area contributed by atoms with Crippen LogP contribution < -0.4 is 10.4 Å². The fourth-order valence-corrected chi connectivity index (χ4v) is 6.89. The van der Waals surface area contributed by atoms with Crippen molar-refractivity contribution in [2.45, 2.75) is 72.1 Å². The second kappa shape index (κ2) is 9.59. The highest BCUT2D eigenvalue weighted by Crippen LogP contribution is 2.35. The van der Waals surface area contributed by atoms with Gasteiger partial charge in [-0.2, -0.15) is 0 Å². The first-order valence-corrected chi connectivity index (χ1v) is 12.9. The number of rotatable bonds is 5. The monoisotopic (exact) mass is 453 g/mol. The standard InChI is InChI=1S/C26H35NO4Si/c1-25(2,3)23(21-17-18-22(28)27(21)24(29)30-26(4,5)6)31-32(19-13-9-7-10-14-19)20-15-11-8-12-16-20/h7-16,21,23,32H,17-18H2,1-6H3. The van der Waals surface area contributed by atoms with E-state index in [4.69, 9.17) is 9.16 Å². The molecule has 0 bridgehead atoms. The zero-order valence-corrected chi connectivity index (χ0v) is 21.2. The molecule has 5 nitrogen and oxygen atoms in total. The largest absolute Gasteiger partial charge is 0.443 e. The Kier molecular flexibility index (Phi) is 7.25. The third-order valence-electron chi connectivity index (χ3n) is 5.53. The van der Waals surface area contributed by atoms with Gasteiger partial charge in [0.05, 0.1) is 12.1 Å². The Labute approximate surface area is 193 Å². The van der Waals surface area contributed by atoms with E-state index >= 15 is 0 Å². The molecule has 2 unspecified atom stereocenters. The maximum Gasteiger partial charge on any atom is 0.417 e. The van der Waals surface area contributed by atoms with Crippen LogP contribution in [0.25, 0.3) is 0 Å². The Hall–Kier alpha value is -2.44. The van der Waals surface area contributed by atoms with Crippen molar-refractivity contribution in [3.63, 3.8) is 0 Å². The second-order valence-corrected chi connectivity index (χ2v) is 12.8. The maximum absolute atomic E-state index is 13.0. The Morgan fingerprint density at radius 3 is 1.88 bits per heavy atom. The van der Waals surface area contributed by atoms with Crippen LogP contribution in [0, 0.1) is 5.41 Å². The topological polar surface area (TPSA) is 55.8 Å². The van der Waals surface area contributed by atoms with Crippen LogP contribution in [-0.4, -0.2) is 43.7 Å². The van der Waals surface area contributed by atoms with Gasteiger partial charge in [0, 0.05) is 6.42 Å². The van der Waals surface area contributed by atoms with Gasteiger partial charge in [0.25, 0.3) is 0 Å². The van der Waals surface area contributed by atoms with E-state index < -0.39 is 20.7 Å². The lowest BCUT2D eigenvalue weighted by atomic mass is 9.84. The van der Waals surface area contributed by atoms with E-state index in [0.29, 0.717) is 12.8 Å². The number of carbonyl (C=O) groups is 2. The van der Waals surface area contributed by atoms with Crippen LogP contribution in [0.4, 0.5) is 4.79 Å². The normalized spacial score (nSPS) is 18.2. The number of imide groups is 1. The average molecular weight is 454 g/mol. The molecule has 6 heteroatoms. The van der Waals surface area contributed by atoms with E-state index in [1.54, 1.807) is 0 Å². The third-order valence-corrected chi connectivity index (χ3v) is 8.08. The van der Waals surface area contributed by atoms with Gasteiger partial charge in [0.1, 0.15) is 5.60 Å². The van der Waals surface area contributed by atoms with Gasteiger partial charge in [-0.3, -0.25) is 4.79 Å². The Morgan fingerprint density at radius 2 is 1.44 bits per heavy atom. The van der Waals surface area contributed by atoms with Crippen LogP contribution >= 0.6 is 0 Å². The summed E-state index contributed by atoms with van der Waals surface area (Å²) >= 11 is 0. The van der Waals surface area contributed by atoms with Gasteiger partial charge in [-0.15, -0.1) is 0 Å². The summed E-state index contributed by atoms with van der Waals surface area (Å²) in [5.74, 6) is -0.195. The molecular formula is C26H35NO4Si. The van der Waals surface area contributed by atoms with Gasteiger partial charge in [-0.1, -0.05) is 81.4 Å². The van der Waals surface area contributed by atoms with Crippen molar-refractivity contribution in [1.82, 2.24) is 4.90 Å². The van der Waals surface area contributed by atoms with Gasteiger partial charge in [-0.25, -0.2) is 9.69 Å². The fourth-order valence-electron chi connectivity index (χ4n) is 4.16. The zero-order chi connectivity index (χ0) is 23.5. The molecule has 0 saturated carbocycles. The van der Waals surface area contributed by atoms with E-state index in [-0.39, 0.29) is 23.5 Å². The third kappa shape index (κ3) is 5.87. The zero-order valence-electron chi connectivity index (χ0n) is 20.0. The lowest BCUT2D eigenvalue weighted by Crippen LogP contribution is -2.57. The van der Waals surface area contributed by atoms with E-state index in [9.17, 15) is 9.59 Å². The maximum atomic E-state index is 13.0. The molecule has 3 rings (SSSR count). The molecule has 2 amide bonds. The van der Waals surface area contributed by atoms with Crippen molar-refractivity contribution in [3.8, 4) is 0 Å². The molecule has 2 aromatic rings. The molecule has 0 aromatic heterocycles. The first-order valence-electron chi connectivity index (χ1n) is 11.3. The summed E-state index contributed by atoms with van der Waals surface area (Å²) in [7, 11) is -2.08. The molecule has 1 aliphatic rings. The van der Waals surface area contributed by atoms with Crippen LogP contribution in [0.2, 0.25) is 0 Å². The van der Waals surface area contributed by atoms with Crippen LogP contribution in [0.3, 0.4) is 0 Å². The van der Waals surface area contributed by atoms with Gasteiger partial charge < -0.3 is 9.16 Å². The number of carbonyl (C=O) groups excluding carboxylic acids is 2. The van der Waals surface area contributed by atoms with Gasteiger partial charge >= 0.3 is 6.09 Å². The van der Waals surface area contributed by atoms with Gasteiger partial charge in [0.15, 0.2) is 0 Å². The number of likely N-dealkylation sites (tertiary alicyclic amines) is 1. The van der Waals surface area contributed by atoms with E-state index in [1.165, 1.54) is 15.3 Å². The molecule has 1 aliphatic heterocycles. The van der Waals surface area contributed by atoms with Crippen molar-refractivity contribution < 1.29 is 18.8 Å². The number of ether oxygens (including phenoxy) is 1. The lowest BCUT2D eigenvalue weighted by Gasteiger charge is -2.41. The highest BCUT2D eigenvalue weighted by molar-refractivity contribution is 6.80. The molecule has 1 saturated heterocycles. The number of nitrogens with zero attached hydrogens (tertiary/aromatic N) is 1. The predicted molar refractivity (Wildman–Crippen MR) is 130 cm³/mol. The molecule has 0 radical (unpaired) electrons. The molecule has 0 aliphatic carbocycles. The summed E-state index contributed by atoms with van der Waals surface area (Å²) in [6.45, 7) is 11.8. The smallest absolute Gasteiger partial charge is 0.417 e. The van der Waals surface area contributed by atoms with Crippen LogP contribution in [0.5, 0.6) is 0 Å². The van der Waals surface area contributed by atoms with Crippen molar-refractivity contribution in [2.75, 3.05) is 0 Å². The highest BCUT2D eigenvalue weighted by atomic mass is 28.3. The van der Waals surface area contributed by atoms with Crippen molar-refractivity contribution in [3.05, 3.63) is 60.7 Å². The van der Waals surface area contributed by atoms with Crippen molar-refractivity contribution >= 4 is 31.4 Å². The molecule has 32 heavy (non-hydrogen) atoms. The van der Waals surface area contributed by atoms with Gasteiger partial charge in [-0.05, 0) is 43.0 Å². The molecular weight excluding hydrogens is 418 g/mol. The number of amides is 2. The van der Waals surface area contributed by atoms with E-state index in [2.05, 4.69) is 45.0 Å². The molecule has 2 atom stereocenters. The highest BCUT2D eigenvalue weighted by Gasteiger charge is 2.47. The summed E-state index contributed by atoms with van der Waals surface area (Å²) in [5.41, 5.74) is -0.960. The minimum Gasteiger partial charge on any atom is -0.443 e. The molecule has 2 aromatic carbocycles. The fraction of sp³-hybridized carbons (Fsp3) is 0.462. The lowest BCUT2D eigenvalue weighted by molar-refractivity contribution is -0.130. The Balaban J connectivity index is 1.98. The molecule has 1 fully saturated rings. The van der Waals surface area contributed by atoms with Crippen LogP contribution in [-0.2, 0) is 14.0 Å². The molecule has 172 valence electrons. The average Bonchev–Trinajstić information content (AvgIpc) is 3.09. The van der Waals surface area contributed by atoms with Crippen LogP contribution in [0.15, 0.2) is 60.7 Å². The van der Waals surface area contributed by atoms with Crippen molar-refractivity contribution in [2.24, 2.45) is 5.41 Å². The van der Waals surface area contributed by atoms with Crippen LogP contribution in [0.1, 0.15) is 54.4 Å². The van der Waals surface area contributed by atoms with Crippen molar-refractivity contribution in [1.29, 1.82) is 0 Å².